The van der Waals surface area contributed by atoms with E-state index in [1.807, 2.05) is 0 Å². The zero-order chi connectivity index (χ0) is 50.3. The third-order valence-corrected chi connectivity index (χ3v) is 13.7. The zero-order valence-electron chi connectivity index (χ0n) is 44.4. The van der Waals surface area contributed by atoms with Crippen molar-refractivity contribution in [3.8, 4) is 0 Å². The van der Waals surface area contributed by atoms with Gasteiger partial charge in [-0.2, -0.15) is 0 Å². The second-order valence-corrected chi connectivity index (χ2v) is 20.8. The highest BCUT2D eigenvalue weighted by molar-refractivity contribution is 7.79. The number of rotatable bonds is 52. The number of quaternary nitrogens is 2. The fraction of sp³-hybridized carbons (Fsp3) is 1.00. The summed E-state index contributed by atoms with van der Waals surface area (Å²) in [6, 6.07) is 0. The predicted octanol–water partition coefficient (Wildman–Crippen LogP) is 11.1. The first-order chi connectivity index (χ1) is 32.5. The molecule has 0 spiro atoms. The summed E-state index contributed by atoms with van der Waals surface area (Å²) in [6.45, 7) is 14.0. The Kier molecular flexibility index (Phi) is 59.7. The van der Waals surface area contributed by atoms with Crippen LogP contribution in [-0.2, 0) is 10.4 Å². The van der Waals surface area contributed by atoms with E-state index >= 15 is 0 Å². The average molecular weight is 986 g/mol. The second-order valence-electron chi connectivity index (χ2n) is 19.9. The Morgan fingerprint density at radius 3 is 0.507 bits per heavy atom. The lowest BCUT2D eigenvalue weighted by atomic mass is 10.0. The smallest absolute Gasteiger partial charge is 0.0808 e. The molecule has 0 amide bonds. The molecule has 0 aromatic carbocycles. The standard InChI is InChI=1S/2C27H58NO3.H2O4S/c2*1-2-3-4-5-6-7-8-9-10-11-12-13-14-15-16-17-21-28(22-18-25-29,23-19-26-30)24-20-27-31;1-5(2,3)4/h2*29-31H,2-27H2,1H3;(H2,1,2,3,4)/q2*+1;/p-2. The van der Waals surface area contributed by atoms with Gasteiger partial charge in [-0.15, -0.1) is 0 Å². The first-order valence-corrected chi connectivity index (χ1v) is 29.8. The van der Waals surface area contributed by atoms with E-state index < -0.39 is 10.4 Å². The Morgan fingerprint density at radius 1 is 0.254 bits per heavy atom. The minimum Gasteiger partial charge on any atom is -0.759 e. The van der Waals surface area contributed by atoms with E-state index in [9.17, 15) is 30.6 Å². The van der Waals surface area contributed by atoms with Crippen LogP contribution in [0.15, 0.2) is 0 Å². The molecule has 408 valence electrons. The van der Waals surface area contributed by atoms with Gasteiger partial charge in [-0.05, 0) is 25.7 Å². The van der Waals surface area contributed by atoms with Gasteiger partial charge in [0.05, 0.1) is 52.4 Å². The summed E-state index contributed by atoms with van der Waals surface area (Å²) in [5.41, 5.74) is 0. The quantitative estimate of drug-likeness (QED) is 0.0147. The topological polar surface area (TPSA) is 202 Å². The molecule has 0 aromatic heterocycles. The molecule has 0 radical (unpaired) electrons. The molecular formula is C54H116N2O10S. The largest absolute Gasteiger partial charge is 0.759 e. The van der Waals surface area contributed by atoms with Crippen molar-refractivity contribution in [1.82, 2.24) is 0 Å². The lowest BCUT2D eigenvalue weighted by Crippen LogP contribution is -2.51. The van der Waals surface area contributed by atoms with Crippen molar-refractivity contribution < 1.29 is 57.1 Å². The molecular weight excluding hydrogens is 869 g/mol. The molecule has 0 heterocycles. The maximum Gasteiger partial charge on any atom is 0.0808 e. The van der Waals surface area contributed by atoms with E-state index in [-0.39, 0.29) is 39.6 Å². The third kappa shape index (κ3) is 58.0. The Hall–Kier alpha value is -0.450. The van der Waals surface area contributed by atoms with Crippen LogP contribution in [0.2, 0.25) is 0 Å². The fourth-order valence-electron chi connectivity index (χ4n) is 9.77. The molecule has 13 heteroatoms. The molecule has 0 aromatic rings. The van der Waals surface area contributed by atoms with Gasteiger partial charge in [0, 0.05) is 88.6 Å². The molecule has 0 saturated heterocycles. The number of aliphatic hydroxyl groups is 6. The van der Waals surface area contributed by atoms with E-state index in [1.165, 1.54) is 205 Å². The van der Waals surface area contributed by atoms with Crippen molar-refractivity contribution in [3.63, 3.8) is 0 Å². The summed E-state index contributed by atoms with van der Waals surface area (Å²) >= 11 is 0. The van der Waals surface area contributed by atoms with E-state index in [1.54, 1.807) is 0 Å². The van der Waals surface area contributed by atoms with Gasteiger partial charge in [0.2, 0.25) is 0 Å². The van der Waals surface area contributed by atoms with Crippen LogP contribution in [-0.4, -0.2) is 149 Å². The Balaban J connectivity index is -0.00000111. The Morgan fingerprint density at radius 2 is 0.373 bits per heavy atom. The van der Waals surface area contributed by atoms with Crippen LogP contribution in [0.4, 0.5) is 0 Å². The summed E-state index contributed by atoms with van der Waals surface area (Å²) in [5.74, 6) is 0. The SMILES string of the molecule is CCCCCCCCCCCCCCCCCC[N+](CCCO)(CCCO)CCCO.CCCCCCCCCCCCCCCCCC[N+](CCCO)(CCCO)CCCO.O=S(=O)([O-])[O-]. The highest BCUT2D eigenvalue weighted by Crippen LogP contribution is 2.19. The molecule has 0 saturated carbocycles. The van der Waals surface area contributed by atoms with Crippen LogP contribution in [0.5, 0.6) is 0 Å². The van der Waals surface area contributed by atoms with Crippen molar-refractivity contribution in [2.24, 2.45) is 0 Å². The number of hydrogen-bond donors (Lipinski definition) is 6. The summed E-state index contributed by atoms with van der Waals surface area (Å²) < 4.78 is 36.0. The van der Waals surface area contributed by atoms with Crippen molar-refractivity contribution in [1.29, 1.82) is 0 Å². The van der Waals surface area contributed by atoms with Crippen LogP contribution in [0.3, 0.4) is 0 Å². The third-order valence-electron chi connectivity index (χ3n) is 13.7. The molecule has 0 rings (SSSR count). The highest BCUT2D eigenvalue weighted by Gasteiger charge is 2.26. The van der Waals surface area contributed by atoms with E-state index in [0.717, 1.165) is 99.8 Å². The highest BCUT2D eigenvalue weighted by atomic mass is 32.3. The number of nitrogens with zero attached hydrogens (tertiary/aromatic N) is 2. The van der Waals surface area contributed by atoms with Crippen molar-refractivity contribution in [2.75, 3.05) is 92.0 Å². The van der Waals surface area contributed by atoms with Crippen LogP contribution < -0.4 is 0 Å². The maximum atomic E-state index is 9.28. The molecule has 6 N–H and O–H groups in total. The number of unbranched alkanes of at least 4 members (excludes halogenated alkanes) is 30. The van der Waals surface area contributed by atoms with E-state index in [2.05, 4.69) is 13.8 Å². The van der Waals surface area contributed by atoms with Crippen LogP contribution in [0.25, 0.3) is 0 Å². The van der Waals surface area contributed by atoms with Crippen molar-refractivity contribution >= 4 is 10.4 Å². The van der Waals surface area contributed by atoms with Gasteiger partial charge in [-0.1, -0.05) is 194 Å². The van der Waals surface area contributed by atoms with Crippen LogP contribution in [0, 0.1) is 0 Å². The monoisotopic (exact) mass is 985 g/mol. The molecule has 0 aliphatic carbocycles. The molecule has 0 fully saturated rings. The lowest BCUT2D eigenvalue weighted by molar-refractivity contribution is -0.929. The summed E-state index contributed by atoms with van der Waals surface area (Å²) in [4.78, 5) is 0. The van der Waals surface area contributed by atoms with Crippen molar-refractivity contribution in [3.05, 3.63) is 0 Å². The predicted molar refractivity (Wildman–Crippen MR) is 279 cm³/mol. The minimum absolute atomic E-state index is 0.233. The molecule has 0 atom stereocenters. The summed E-state index contributed by atoms with van der Waals surface area (Å²) in [7, 11) is -5.17. The number of hydrogen-bond acceptors (Lipinski definition) is 10. The average Bonchev–Trinajstić information content (AvgIpc) is 3.31. The molecule has 0 bridgehead atoms. The summed E-state index contributed by atoms with van der Waals surface area (Å²) in [6.07, 6.45) is 49.4. The van der Waals surface area contributed by atoms with Gasteiger partial charge in [-0.25, -0.2) is 0 Å². The second kappa shape index (κ2) is 56.5. The summed E-state index contributed by atoms with van der Waals surface area (Å²) in [5, 5.41) is 55.7. The van der Waals surface area contributed by atoms with Gasteiger partial charge in [0.25, 0.3) is 0 Å². The van der Waals surface area contributed by atoms with Gasteiger partial charge in [0.1, 0.15) is 0 Å². The first kappa shape index (κ1) is 70.8. The molecule has 12 nitrogen and oxygen atoms in total. The van der Waals surface area contributed by atoms with Crippen LogP contribution >= 0.6 is 0 Å². The zero-order valence-corrected chi connectivity index (χ0v) is 45.2. The molecule has 0 aliphatic rings. The lowest BCUT2D eigenvalue weighted by Gasteiger charge is -2.39. The molecule has 0 aliphatic heterocycles. The van der Waals surface area contributed by atoms with Gasteiger partial charge in [0.15, 0.2) is 0 Å². The first-order valence-electron chi connectivity index (χ1n) is 28.5. The van der Waals surface area contributed by atoms with Crippen LogP contribution in [0.1, 0.15) is 258 Å². The molecule has 67 heavy (non-hydrogen) atoms. The van der Waals surface area contributed by atoms with E-state index in [0.29, 0.717) is 0 Å². The van der Waals surface area contributed by atoms with Gasteiger partial charge in [-0.3, -0.25) is 8.42 Å². The Labute approximate surface area is 415 Å². The normalized spacial score (nSPS) is 12.0. The van der Waals surface area contributed by atoms with Gasteiger partial charge < -0.3 is 48.7 Å². The fourth-order valence-corrected chi connectivity index (χ4v) is 9.77. The van der Waals surface area contributed by atoms with Crippen molar-refractivity contribution in [2.45, 2.75) is 258 Å². The number of aliphatic hydroxyl groups excluding tert-OH is 6. The van der Waals surface area contributed by atoms with Gasteiger partial charge >= 0.3 is 0 Å². The minimum atomic E-state index is -5.17. The maximum absolute atomic E-state index is 9.28. The Bertz CT molecular complexity index is 911. The molecule has 0 unspecified atom stereocenters. The van der Waals surface area contributed by atoms with E-state index in [4.69, 9.17) is 17.5 Å².